The number of hydrogen-bond acceptors (Lipinski definition) is 3. The van der Waals surface area contributed by atoms with Gasteiger partial charge < -0.3 is 20.9 Å². The van der Waals surface area contributed by atoms with Gasteiger partial charge in [-0.15, -0.1) is 24.0 Å². The van der Waals surface area contributed by atoms with Crippen LogP contribution in [-0.4, -0.2) is 36.9 Å². The van der Waals surface area contributed by atoms with Crippen LogP contribution in [0, 0.1) is 0 Å². The van der Waals surface area contributed by atoms with Crippen LogP contribution in [0.2, 0.25) is 0 Å². The summed E-state index contributed by atoms with van der Waals surface area (Å²) in [4.78, 5) is 4.13. The van der Waals surface area contributed by atoms with Crippen LogP contribution < -0.4 is 11.1 Å². The molecular formula is C19H26IN3O2. The zero-order chi connectivity index (χ0) is 17.0. The van der Waals surface area contributed by atoms with E-state index in [4.69, 9.17) is 10.5 Å². The number of halogens is 1. The van der Waals surface area contributed by atoms with Crippen LogP contribution in [0.4, 0.5) is 0 Å². The average molecular weight is 455 g/mol. The van der Waals surface area contributed by atoms with Crippen LogP contribution in [-0.2, 0) is 17.8 Å². The molecule has 0 aliphatic rings. The molecular weight excluding hydrogens is 429 g/mol. The smallest absolute Gasteiger partial charge is 0.188 e. The molecule has 2 aromatic carbocycles. The Morgan fingerprint density at radius 1 is 1.04 bits per heavy atom. The summed E-state index contributed by atoms with van der Waals surface area (Å²) in [7, 11) is 0. The van der Waals surface area contributed by atoms with E-state index < -0.39 is 6.10 Å². The van der Waals surface area contributed by atoms with E-state index >= 15 is 0 Å². The van der Waals surface area contributed by atoms with Gasteiger partial charge in [0.1, 0.15) is 0 Å². The number of aliphatic hydroxyl groups excluding tert-OH is 1. The van der Waals surface area contributed by atoms with E-state index in [2.05, 4.69) is 22.4 Å². The van der Waals surface area contributed by atoms with Crippen LogP contribution in [0.1, 0.15) is 11.1 Å². The Balaban J connectivity index is 0.00000312. The Bertz CT molecular complexity index is 609. The molecule has 0 bridgehead atoms. The number of nitrogens with one attached hydrogen (secondary N) is 1. The third-order valence-corrected chi connectivity index (χ3v) is 3.46. The normalized spacial score (nSPS) is 12.3. The van der Waals surface area contributed by atoms with Gasteiger partial charge in [-0.2, -0.15) is 0 Å². The van der Waals surface area contributed by atoms with Crippen LogP contribution in [0.3, 0.4) is 0 Å². The van der Waals surface area contributed by atoms with Gasteiger partial charge in [-0.25, -0.2) is 0 Å². The second-order valence-electron chi connectivity index (χ2n) is 5.54. The van der Waals surface area contributed by atoms with E-state index in [9.17, 15) is 5.11 Å². The van der Waals surface area contributed by atoms with Crippen molar-refractivity contribution in [2.24, 2.45) is 10.7 Å². The maximum Gasteiger partial charge on any atom is 0.188 e. The van der Waals surface area contributed by atoms with Crippen LogP contribution in [0.25, 0.3) is 0 Å². The highest BCUT2D eigenvalue weighted by molar-refractivity contribution is 14.0. The van der Waals surface area contributed by atoms with Crippen molar-refractivity contribution in [2.75, 3.05) is 19.7 Å². The maximum atomic E-state index is 9.86. The number of guanidine groups is 1. The zero-order valence-corrected chi connectivity index (χ0v) is 16.5. The van der Waals surface area contributed by atoms with Crippen LogP contribution in [0.5, 0.6) is 0 Å². The summed E-state index contributed by atoms with van der Waals surface area (Å²) in [5, 5.41) is 12.9. The van der Waals surface area contributed by atoms with E-state index in [0.29, 0.717) is 19.1 Å². The highest BCUT2D eigenvalue weighted by Crippen LogP contribution is 2.01. The molecule has 0 aliphatic heterocycles. The van der Waals surface area contributed by atoms with Gasteiger partial charge in [-0.05, 0) is 17.5 Å². The standard InChI is InChI=1S/C19H25N3O2.HI/c20-19(21-12-11-16-7-3-1-4-8-16)22-13-18(23)15-24-14-17-9-5-2-6-10-17;/h1-10,18,23H,11-15H2,(H3,20,21,22);1H. The van der Waals surface area contributed by atoms with Gasteiger partial charge in [0.15, 0.2) is 5.96 Å². The van der Waals surface area contributed by atoms with E-state index in [1.54, 1.807) is 0 Å². The molecule has 0 saturated carbocycles. The minimum atomic E-state index is -0.664. The molecule has 2 aromatic rings. The summed E-state index contributed by atoms with van der Waals surface area (Å²) in [6.07, 6.45) is 0.211. The van der Waals surface area contributed by atoms with E-state index in [1.807, 2.05) is 48.5 Å². The van der Waals surface area contributed by atoms with Crippen molar-refractivity contribution in [3.8, 4) is 0 Å². The summed E-state index contributed by atoms with van der Waals surface area (Å²) < 4.78 is 5.47. The molecule has 0 saturated heterocycles. The summed E-state index contributed by atoms with van der Waals surface area (Å²) in [5.74, 6) is 0.341. The quantitative estimate of drug-likeness (QED) is 0.308. The molecule has 4 N–H and O–H groups in total. The van der Waals surface area contributed by atoms with E-state index in [0.717, 1.165) is 12.0 Å². The number of aliphatic hydroxyl groups is 1. The van der Waals surface area contributed by atoms with Gasteiger partial charge in [0.05, 0.1) is 25.9 Å². The predicted molar refractivity (Wildman–Crippen MR) is 112 cm³/mol. The molecule has 0 spiro atoms. The Morgan fingerprint density at radius 3 is 2.28 bits per heavy atom. The van der Waals surface area contributed by atoms with Crippen molar-refractivity contribution in [2.45, 2.75) is 19.1 Å². The Kier molecular flexibility index (Phi) is 10.9. The van der Waals surface area contributed by atoms with Gasteiger partial charge in [-0.1, -0.05) is 60.7 Å². The molecule has 25 heavy (non-hydrogen) atoms. The lowest BCUT2D eigenvalue weighted by atomic mass is 10.1. The molecule has 6 heteroatoms. The number of aliphatic imine (C=N–C) groups is 1. The molecule has 0 amide bonds. The fourth-order valence-corrected chi connectivity index (χ4v) is 2.18. The molecule has 0 aliphatic carbocycles. The second kappa shape index (κ2) is 12.7. The summed E-state index contributed by atoms with van der Waals surface area (Å²) in [5.41, 5.74) is 8.11. The monoisotopic (exact) mass is 455 g/mol. The van der Waals surface area contributed by atoms with Crippen molar-refractivity contribution in [1.82, 2.24) is 5.32 Å². The third-order valence-electron chi connectivity index (χ3n) is 3.46. The fraction of sp³-hybridized carbons (Fsp3) is 0.316. The van der Waals surface area contributed by atoms with Gasteiger partial charge in [-0.3, -0.25) is 4.99 Å². The first-order valence-corrected chi connectivity index (χ1v) is 8.11. The molecule has 2 rings (SSSR count). The van der Waals surface area contributed by atoms with E-state index in [1.165, 1.54) is 5.56 Å². The van der Waals surface area contributed by atoms with Gasteiger partial charge in [0, 0.05) is 6.54 Å². The average Bonchev–Trinajstić information content (AvgIpc) is 2.62. The van der Waals surface area contributed by atoms with E-state index in [-0.39, 0.29) is 37.1 Å². The molecule has 1 atom stereocenters. The number of nitrogens with zero attached hydrogens (tertiary/aromatic N) is 1. The van der Waals surface area contributed by atoms with Crippen molar-refractivity contribution >= 4 is 29.9 Å². The van der Waals surface area contributed by atoms with Crippen LogP contribution >= 0.6 is 24.0 Å². The first-order valence-electron chi connectivity index (χ1n) is 8.11. The first kappa shape index (κ1) is 21.4. The molecule has 5 nitrogen and oxygen atoms in total. The predicted octanol–water partition coefficient (Wildman–Crippen LogP) is 2.33. The SMILES string of the molecule is I.NC(=NCC(O)COCc1ccccc1)NCCc1ccccc1. The van der Waals surface area contributed by atoms with Gasteiger partial charge in [0.25, 0.3) is 0 Å². The lowest BCUT2D eigenvalue weighted by Crippen LogP contribution is -2.34. The molecule has 1 unspecified atom stereocenters. The largest absolute Gasteiger partial charge is 0.389 e. The molecule has 0 radical (unpaired) electrons. The summed E-state index contributed by atoms with van der Waals surface area (Å²) in [6.45, 7) is 1.64. The fourth-order valence-electron chi connectivity index (χ4n) is 2.18. The number of nitrogens with two attached hydrogens (primary N) is 1. The first-order chi connectivity index (χ1) is 11.7. The highest BCUT2D eigenvalue weighted by atomic mass is 127. The molecule has 0 fully saturated rings. The molecule has 0 heterocycles. The maximum absolute atomic E-state index is 9.86. The summed E-state index contributed by atoms with van der Waals surface area (Å²) in [6, 6.07) is 20.0. The lowest BCUT2D eigenvalue weighted by molar-refractivity contribution is 0.0331. The number of hydrogen-bond donors (Lipinski definition) is 3. The Morgan fingerprint density at radius 2 is 1.64 bits per heavy atom. The topological polar surface area (TPSA) is 79.9 Å². The number of benzene rings is 2. The minimum absolute atomic E-state index is 0. The van der Waals surface area contributed by atoms with Gasteiger partial charge in [0.2, 0.25) is 0 Å². The second-order valence-corrected chi connectivity index (χ2v) is 5.54. The Labute approximate surface area is 166 Å². The lowest BCUT2D eigenvalue weighted by Gasteiger charge is -2.10. The number of ether oxygens (including phenoxy) is 1. The molecule has 0 aromatic heterocycles. The zero-order valence-electron chi connectivity index (χ0n) is 14.2. The third kappa shape index (κ3) is 9.42. The van der Waals surface area contributed by atoms with Gasteiger partial charge >= 0.3 is 0 Å². The van der Waals surface area contributed by atoms with Crippen LogP contribution in [0.15, 0.2) is 65.7 Å². The van der Waals surface area contributed by atoms with Crippen molar-refractivity contribution in [3.05, 3.63) is 71.8 Å². The van der Waals surface area contributed by atoms with Crippen molar-refractivity contribution in [1.29, 1.82) is 0 Å². The van der Waals surface area contributed by atoms with Crippen molar-refractivity contribution < 1.29 is 9.84 Å². The van der Waals surface area contributed by atoms with Crippen molar-refractivity contribution in [3.63, 3.8) is 0 Å². The number of rotatable bonds is 9. The minimum Gasteiger partial charge on any atom is -0.389 e. The molecule has 136 valence electrons. The Hall–Kier alpha value is -1.64. The highest BCUT2D eigenvalue weighted by Gasteiger charge is 2.04. The summed E-state index contributed by atoms with van der Waals surface area (Å²) >= 11 is 0.